The summed E-state index contributed by atoms with van der Waals surface area (Å²) in [7, 11) is 1.63. The SMILES string of the molecule is COc1ccc(-c2cccc(OC=O)c2)cc1. The highest BCUT2D eigenvalue weighted by molar-refractivity contribution is 5.66. The molecule has 0 amide bonds. The maximum Gasteiger partial charge on any atom is 0.298 e. The number of carbonyl (C=O) groups is 1. The van der Waals surface area contributed by atoms with Crippen LogP contribution < -0.4 is 9.47 Å². The summed E-state index contributed by atoms with van der Waals surface area (Å²) in [5, 5.41) is 0. The van der Waals surface area contributed by atoms with Gasteiger partial charge in [0.15, 0.2) is 0 Å². The first kappa shape index (κ1) is 11.2. The van der Waals surface area contributed by atoms with Crippen molar-refractivity contribution in [1.29, 1.82) is 0 Å². The lowest BCUT2D eigenvalue weighted by atomic mass is 10.1. The third kappa shape index (κ3) is 2.64. The van der Waals surface area contributed by atoms with Gasteiger partial charge in [-0.15, -0.1) is 0 Å². The molecule has 2 aromatic carbocycles. The number of rotatable bonds is 4. The van der Waals surface area contributed by atoms with Gasteiger partial charge in [-0.3, -0.25) is 4.79 Å². The van der Waals surface area contributed by atoms with Gasteiger partial charge in [0, 0.05) is 0 Å². The summed E-state index contributed by atoms with van der Waals surface area (Å²) in [6.45, 7) is 0.424. The molecule has 0 saturated carbocycles. The fourth-order valence-electron chi connectivity index (χ4n) is 1.59. The van der Waals surface area contributed by atoms with E-state index in [4.69, 9.17) is 9.47 Å². The van der Waals surface area contributed by atoms with Crippen molar-refractivity contribution in [3.63, 3.8) is 0 Å². The third-order valence-corrected chi connectivity index (χ3v) is 2.44. The highest BCUT2D eigenvalue weighted by atomic mass is 16.5. The van der Waals surface area contributed by atoms with Crippen LogP contribution in [0.1, 0.15) is 0 Å². The van der Waals surface area contributed by atoms with E-state index in [1.54, 1.807) is 13.2 Å². The molecule has 0 aliphatic rings. The van der Waals surface area contributed by atoms with Crippen molar-refractivity contribution in [2.24, 2.45) is 0 Å². The first-order valence-electron chi connectivity index (χ1n) is 5.18. The molecule has 0 fully saturated rings. The van der Waals surface area contributed by atoms with Gasteiger partial charge < -0.3 is 9.47 Å². The molecule has 3 heteroatoms. The Morgan fingerprint density at radius 1 is 0.941 bits per heavy atom. The molecule has 0 unspecified atom stereocenters. The first-order valence-corrected chi connectivity index (χ1v) is 5.18. The van der Waals surface area contributed by atoms with Crippen LogP contribution >= 0.6 is 0 Å². The van der Waals surface area contributed by atoms with E-state index in [2.05, 4.69) is 0 Å². The number of ether oxygens (including phenoxy) is 2. The lowest BCUT2D eigenvalue weighted by molar-refractivity contribution is -0.120. The summed E-state index contributed by atoms with van der Waals surface area (Å²) in [5.41, 5.74) is 2.04. The van der Waals surface area contributed by atoms with E-state index in [0.717, 1.165) is 16.9 Å². The summed E-state index contributed by atoms with van der Waals surface area (Å²) in [6.07, 6.45) is 0. The van der Waals surface area contributed by atoms with Crippen molar-refractivity contribution in [3.8, 4) is 22.6 Å². The molecule has 0 heterocycles. The number of hydrogen-bond donors (Lipinski definition) is 0. The van der Waals surface area contributed by atoms with Gasteiger partial charge in [-0.2, -0.15) is 0 Å². The molecule has 17 heavy (non-hydrogen) atoms. The van der Waals surface area contributed by atoms with Crippen molar-refractivity contribution < 1.29 is 14.3 Å². The Morgan fingerprint density at radius 3 is 2.35 bits per heavy atom. The van der Waals surface area contributed by atoms with Crippen LogP contribution in [0.5, 0.6) is 11.5 Å². The van der Waals surface area contributed by atoms with E-state index in [9.17, 15) is 4.79 Å². The summed E-state index contributed by atoms with van der Waals surface area (Å²) in [6, 6.07) is 15.1. The van der Waals surface area contributed by atoms with E-state index < -0.39 is 0 Å². The van der Waals surface area contributed by atoms with Crippen LogP contribution in [0.25, 0.3) is 11.1 Å². The number of carbonyl (C=O) groups excluding carboxylic acids is 1. The fourth-order valence-corrected chi connectivity index (χ4v) is 1.59. The molecular formula is C14H12O3. The summed E-state index contributed by atoms with van der Waals surface area (Å²) in [4.78, 5) is 10.3. The van der Waals surface area contributed by atoms with Crippen LogP contribution in [0.15, 0.2) is 48.5 Å². The second-order valence-corrected chi connectivity index (χ2v) is 3.47. The predicted molar refractivity (Wildman–Crippen MR) is 65.1 cm³/mol. The monoisotopic (exact) mass is 228 g/mol. The Balaban J connectivity index is 2.31. The van der Waals surface area contributed by atoms with Gasteiger partial charge in [0.05, 0.1) is 7.11 Å². The zero-order chi connectivity index (χ0) is 12.1. The molecule has 0 aliphatic heterocycles. The average molecular weight is 228 g/mol. The molecule has 0 radical (unpaired) electrons. The number of methoxy groups -OCH3 is 1. The Hall–Kier alpha value is -2.29. The summed E-state index contributed by atoms with van der Waals surface area (Å²) < 4.78 is 9.90. The molecule has 2 rings (SSSR count). The topological polar surface area (TPSA) is 35.5 Å². The number of hydrogen-bond acceptors (Lipinski definition) is 3. The van der Waals surface area contributed by atoms with E-state index >= 15 is 0 Å². The van der Waals surface area contributed by atoms with Gasteiger partial charge in [0.25, 0.3) is 6.47 Å². The Labute approximate surface area is 99.6 Å². The van der Waals surface area contributed by atoms with Crippen LogP contribution in [0, 0.1) is 0 Å². The Morgan fingerprint density at radius 2 is 1.71 bits per heavy atom. The van der Waals surface area contributed by atoms with Crippen molar-refractivity contribution in [2.75, 3.05) is 7.11 Å². The average Bonchev–Trinajstić information content (AvgIpc) is 2.40. The largest absolute Gasteiger partial charge is 0.497 e. The second-order valence-electron chi connectivity index (χ2n) is 3.47. The summed E-state index contributed by atoms with van der Waals surface area (Å²) in [5.74, 6) is 1.35. The predicted octanol–water partition coefficient (Wildman–Crippen LogP) is 2.90. The fraction of sp³-hybridized carbons (Fsp3) is 0.0714. The van der Waals surface area contributed by atoms with Crippen LogP contribution in [-0.4, -0.2) is 13.6 Å². The van der Waals surface area contributed by atoms with Crippen LogP contribution in [0.2, 0.25) is 0 Å². The van der Waals surface area contributed by atoms with E-state index in [1.165, 1.54) is 0 Å². The molecular weight excluding hydrogens is 216 g/mol. The van der Waals surface area contributed by atoms with Crippen molar-refractivity contribution in [3.05, 3.63) is 48.5 Å². The highest BCUT2D eigenvalue weighted by Gasteiger charge is 2.00. The van der Waals surface area contributed by atoms with Crippen LogP contribution in [0.4, 0.5) is 0 Å². The molecule has 3 nitrogen and oxygen atoms in total. The Bertz CT molecular complexity index is 503. The minimum absolute atomic E-state index is 0.424. The molecule has 2 aromatic rings. The summed E-state index contributed by atoms with van der Waals surface area (Å²) >= 11 is 0. The maximum atomic E-state index is 10.3. The zero-order valence-electron chi connectivity index (χ0n) is 9.42. The zero-order valence-corrected chi connectivity index (χ0v) is 9.42. The van der Waals surface area contributed by atoms with Gasteiger partial charge >= 0.3 is 0 Å². The van der Waals surface area contributed by atoms with E-state index in [-0.39, 0.29) is 0 Å². The van der Waals surface area contributed by atoms with E-state index in [1.807, 2.05) is 42.5 Å². The van der Waals surface area contributed by atoms with Gasteiger partial charge in [0.2, 0.25) is 0 Å². The van der Waals surface area contributed by atoms with Gasteiger partial charge in [0.1, 0.15) is 11.5 Å². The van der Waals surface area contributed by atoms with E-state index in [0.29, 0.717) is 12.2 Å². The highest BCUT2D eigenvalue weighted by Crippen LogP contribution is 2.25. The minimum atomic E-state index is 0.424. The molecule has 0 atom stereocenters. The molecule has 0 N–H and O–H groups in total. The number of benzene rings is 2. The Kier molecular flexibility index (Phi) is 3.40. The lowest BCUT2D eigenvalue weighted by Gasteiger charge is -2.05. The van der Waals surface area contributed by atoms with Gasteiger partial charge in [-0.1, -0.05) is 24.3 Å². The van der Waals surface area contributed by atoms with Crippen LogP contribution in [-0.2, 0) is 4.79 Å². The second kappa shape index (κ2) is 5.16. The molecule has 0 aliphatic carbocycles. The van der Waals surface area contributed by atoms with Crippen molar-refractivity contribution >= 4 is 6.47 Å². The molecule has 86 valence electrons. The van der Waals surface area contributed by atoms with Crippen molar-refractivity contribution in [1.82, 2.24) is 0 Å². The molecule has 0 spiro atoms. The normalized spacial score (nSPS) is 9.71. The van der Waals surface area contributed by atoms with Crippen molar-refractivity contribution in [2.45, 2.75) is 0 Å². The quantitative estimate of drug-likeness (QED) is 0.755. The van der Waals surface area contributed by atoms with Gasteiger partial charge in [-0.25, -0.2) is 0 Å². The van der Waals surface area contributed by atoms with Gasteiger partial charge in [-0.05, 0) is 35.4 Å². The maximum absolute atomic E-state index is 10.3. The molecule has 0 saturated heterocycles. The smallest absolute Gasteiger partial charge is 0.298 e. The third-order valence-electron chi connectivity index (χ3n) is 2.44. The molecule has 0 aromatic heterocycles. The first-order chi connectivity index (χ1) is 8.33. The minimum Gasteiger partial charge on any atom is -0.497 e. The standard InChI is InChI=1S/C14H12O3/c1-16-13-7-5-11(6-8-13)12-3-2-4-14(9-12)17-10-15/h2-10H,1H3. The lowest BCUT2D eigenvalue weighted by Crippen LogP contribution is -1.88. The molecule has 0 bridgehead atoms. The van der Waals surface area contributed by atoms with Crippen LogP contribution in [0.3, 0.4) is 0 Å².